The Hall–Kier alpha value is -2.69. The molecule has 2 rings (SSSR count). The standard InChI is InChI=1S/C19H23NO4/c1-5-13-8-6-7-9-15(13)20-17(21)12-14-10-11-16(22-2)19(24-4)18(14)23-3/h6-11H,5,12H2,1-4H3,(H,20,21). The van der Waals surface area contributed by atoms with E-state index in [2.05, 4.69) is 12.2 Å². The van der Waals surface area contributed by atoms with Crippen LogP contribution in [0.5, 0.6) is 17.2 Å². The fourth-order valence-corrected chi connectivity index (χ4v) is 2.62. The van der Waals surface area contributed by atoms with Crippen molar-refractivity contribution in [2.45, 2.75) is 19.8 Å². The summed E-state index contributed by atoms with van der Waals surface area (Å²) in [6.07, 6.45) is 1.04. The molecular weight excluding hydrogens is 306 g/mol. The molecule has 0 radical (unpaired) electrons. The van der Waals surface area contributed by atoms with Crippen LogP contribution in [0.3, 0.4) is 0 Å². The van der Waals surface area contributed by atoms with Gasteiger partial charge in [-0.15, -0.1) is 0 Å². The van der Waals surface area contributed by atoms with Gasteiger partial charge in [0.05, 0.1) is 27.8 Å². The predicted octanol–water partition coefficient (Wildman–Crippen LogP) is 3.46. The lowest BCUT2D eigenvalue weighted by Crippen LogP contribution is -2.16. The van der Waals surface area contributed by atoms with Crippen molar-refractivity contribution in [1.82, 2.24) is 0 Å². The van der Waals surface area contributed by atoms with Gasteiger partial charge in [-0.3, -0.25) is 4.79 Å². The molecule has 0 aromatic heterocycles. The third-order valence-electron chi connectivity index (χ3n) is 3.81. The second-order valence-electron chi connectivity index (χ2n) is 5.23. The Morgan fingerprint density at radius 2 is 1.62 bits per heavy atom. The fraction of sp³-hybridized carbons (Fsp3) is 0.316. The number of nitrogens with one attached hydrogen (secondary N) is 1. The van der Waals surface area contributed by atoms with E-state index in [4.69, 9.17) is 14.2 Å². The van der Waals surface area contributed by atoms with E-state index < -0.39 is 0 Å². The number of methoxy groups -OCH3 is 3. The molecule has 1 amide bonds. The first-order valence-corrected chi connectivity index (χ1v) is 7.80. The maximum absolute atomic E-state index is 12.4. The Morgan fingerprint density at radius 1 is 0.917 bits per heavy atom. The van der Waals surface area contributed by atoms with Gasteiger partial charge in [-0.1, -0.05) is 31.2 Å². The fourth-order valence-electron chi connectivity index (χ4n) is 2.62. The largest absolute Gasteiger partial charge is 0.493 e. The van der Waals surface area contributed by atoms with E-state index in [9.17, 15) is 4.79 Å². The first-order chi connectivity index (χ1) is 11.6. The van der Waals surface area contributed by atoms with Gasteiger partial charge in [0.15, 0.2) is 11.5 Å². The summed E-state index contributed by atoms with van der Waals surface area (Å²) in [5.41, 5.74) is 2.68. The van der Waals surface area contributed by atoms with Crippen LogP contribution in [0.15, 0.2) is 36.4 Å². The number of benzene rings is 2. The van der Waals surface area contributed by atoms with Crippen LogP contribution < -0.4 is 19.5 Å². The second-order valence-corrected chi connectivity index (χ2v) is 5.23. The summed E-state index contributed by atoms with van der Waals surface area (Å²) in [7, 11) is 4.65. The lowest BCUT2D eigenvalue weighted by molar-refractivity contribution is -0.115. The normalized spacial score (nSPS) is 10.2. The number of carbonyl (C=O) groups excluding carboxylic acids is 1. The van der Waals surface area contributed by atoms with Crippen molar-refractivity contribution in [3.05, 3.63) is 47.5 Å². The summed E-state index contributed by atoms with van der Waals surface area (Å²) in [5, 5.41) is 2.96. The Kier molecular flexibility index (Phi) is 6.07. The van der Waals surface area contributed by atoms with E-state index in [1.165, 1.54) is 0 Å². The average Bonchev–Trinajstić information content (AvgIpc) is 2.61. The smallest absolute Gasteiger partial charge is 0.228 e. The molecule has 0 bridgehead atoms. The monoisotopic (exact) mass is 329 g/mol. The third-order valence-corrected chi connectivity index (χ3v) is 3.81. The van der Waals surface area contributed by atoms with Gasteiger partial charge in [-0.05, 0) is 24.1 Å². The van der Waals surface area contributed by atoms with E-state index in [0.717, 1.165) is 23.2 Å². The van der Waals surface area contributed by atoms with Crippen LogP contribution in [0.1, 0.15) is 18.1 Å². The summed E-state index contributed by atoms with van der Waals surface area (Å²) in [4.78, 5) is 12.4. The zero-order valence-electron chi connectivity index (χ0n) is 14.5. The number of rotatable bonds is 7. The van der Waals surface area contributed by atoms with E-state index in [0.29, 0.717) is 17.2 Å². The highest BCUT2D eigenvalue weighted by Gasteiger charge is 2.18. The number of hydrogen-bond donors (Lipinski definition) is 1. The van der Waals surface area contributed by atoms with Crippen molar-refractivity contribution in [2.24, 2.45) is 0 Å². The third kappa shape index (κ3) is 3.79. The topological polar surface area (TPSA) is 56.8 Å². The van der Waals surface area contributed by atoms with E-state index in [1.807, 2.05) is 30.3 Å². The molecule has 0 saturated carbocycles. The Morgan fingerprint density at radius 3 is 2.25 bits per heavy atom. The highest BCUT2D eigenvalue weighted by Crippen LogP contribution is 2.39. The summed E-state index contributed by atoms with van der Waals surface area (Å²) in [5.74, 6) is 1.45. The number of para-hydroxylation sites is 1. The molecule has 0 unspecified atom stereocenters. The molecule has 0 atom stereocenters. The van der Waals surface area contributed by atoms with Gasteiger partial charge in [-0.25, -0.2) is 0 Å². The molecule has 128 valence electrons. The van der Waals surface area contributed by atoms with Crippen molar-refractivity contribution < 1.29 is 19.0 Å². The molecule has 1 N–H and O–H groups in total. The number of aryl methyl sites for hydroxylation is 1. The summed E-state index contributed by atoms with van der Waals surface area (Å²) >= 11 is 0. The molecule has 5 nitrogen and oxygen atoms in total. The summed E-state index contributed by atoms with van der Waals surface area (Å²) < 4.78 is 16.0. The van der Waals surface area contributed by atoms with Gasteiger partial charge in [0.2, 0.25) is 11.7 Å². The second kappa shape index (κ2) is 8.24. The Bertz CT molecular complexity index is 713. The number of anilines is 1. The molecule has 0 saturated heterocycles. The van der Waals surface area contributed by atoms with Crippen molar-refractivity contribution in [1.29, 1.82) is 0 Å². The summed E-state index contributed by atoms with van der Waals surface area (Å²) in [6.45, 7) is 2.06. The zero-order valence-corrected chi connectivity index (χ0v) is 14.5. The molecule has 2 aromatic carbocycles. The average molecular weight is 329 g/mol. The molecule has 5 heteroatoms. The minimum Gasteiger partial charge on any atom is -0.493 e. The van der Waals surface area contributed by atoms with Gasteiger partial charge >= 0.3 is 0 Å². The quantitative estimate of drug-likeness (QED) is 0.845. The molecule has 0 aliphatic rings. The lowest BCUT2D eigenvalue weighted by Gasteiger charge is -2.16. The molecule has 0 fully saturated rings. The van der Waals surface area contributed by atoms with Crippen molar-refractivity contribution in [3.8, 4) is 17.2 Å². The maximum atomic E-state index is 12.4. The van der Waals surface area contributed by atoms with Crippen LogP contribution in [-0.4, -0.2) is 27.2 Å². The summed E-state index contributed by atoms with van der Waals surface area (Å²) in [6, 6.07) is 11.4. The Labute approximate surface area is 142 Å². The Balaban J connectivity index is 2.23. The van der Waals surface area contributed by atoms with E-state index >= 15 is 0 Å². The molecule has 0 aliphatic carbocycles. The van der Waals surface area contributed by atoms with Crippen molar-refractivity contribution in [2.75, 3.05) is 26.6 Å². The van der Waals surface area contributed by atoms with Gasteiger partial charge in [-0.2, -0.15) is 0 Å². The van der Waals surface area contributed by atoms with E-state index in [1.54, 1.807) is 27.4 Å². The van der Waals surface area contributed by atoms with E-state index in [-0.39, 0.29) is 12.3 Å². The molecule has 0 heterocycles. The predicted molar refractivity (Wildman–Crippen MR) is 94.3 cm³/mol. The minimum atomic E-state index is -0.110. The van der Waals surface area contributed by atoms with Crippen molar-refractivity contribution >= 4 is 11.6 Å². The number of ether oxygens (including phenoxy) is 3. The molecule has 0 spiro atoms. The van der Waals surface area contributed by atoms with Crippen LogP contribution in [0, 0.1) is 0 Å². The highest BCUT2D eigenvalue weighted by atomic mass is 16.5. The molecule has 24 heavy (non-hydrogen) atoms. The molecule has 2 aromatic rings. The molecule has 0 aliphatic heterocycles. The van der Waals surface area contributed by atoms with Crippen LogP contribution in [-0.2, 0) is 17.6 Å². The van der Waals surface area contributed by atoms with Crippen molar-refractivity contribution in [3.63, 3.8) is 0 Å². The van der Waals surface area contributed by atoms with Gasteiger partial charge in [0.1, 0.15) is 0 Å². The SMILES string of the molecule is CCc1ccccc1NC(=O)Cc1ccc(OC)c(OC)c1OC. The maximum Gasteiger partial charge on any atom is 0.228 e. The first-order valence-electron chi connectivity index (χ1n) is 7.80. The number of amides is 1. The van der Waals surface area contributed by atoms with Crippen LogP contribution in [0.25, 0.3) is 0 Å². The number of hydrogen-bond acceptors (Lipinski definition) is 4. The van der Waals surface area contributed by atoms with Gasteiger partial charge in [0.25, 0.3) is 0 Å². The highest BCUT2D eigenvalue weighted by molar-refractivity contribution is 5.93. The first kappa shape index (κ1) is 17.7. The number of carbonyl (C=O) groups is 1. The zero-order chi connectivity index (χ0) is 17.5. The van der Waals surface area contributed by atoms with Gasteiger partial charge in [0, 0.05) is 11.3 Å². The minimum absolute atomic E-state index is 0.110. The van der Waals surface area contributed by atoms with Gasteiger partial charge < -0.3 is 19.5 Å². The lowest BCUT2D eigenvalue weighted by atomic mass is 10.1. The van der Waals surface area contributed by atoms with Crippen LogP contribution in [0.2, 0.25) is 0 Å². The van der Waals surface area contributed by atoms with Crippen LogP contribution >= 0.6 is 0 Å². The van der Waals surface area contributed by atoms with Crippen LogP contribution in [0.4, 0.5) is 5.69 Å². The molecular formula is C19H23NO4.